The zero-order valence-electron chi connectivity index (χ0n) is 21.9. The zero-order valence-corrected chi connectivity index (χ0v) is 22.8. The van der Waals surface area contributed by atoms with Crippen LogP contribution in [0.4, 0.5) is 28.4 Å². The molecule has 1 saturated heterocycles. The number of rotatable bonds is 8. The summed E-state index contributed by atoms with van der Waals surface area (Å²) >= 11 is 1.37. The number of benzene rings is 2. The van der Waals surface area contributed by atoms with E-state index in [0.717, 1.165) is 35.2 Å². The third-order valence-corrected chi connectivity index (χ3v) is 8.11. The van der Waals surface area contributed by atoms with E-state index < -0.39 is 10.9 Å². The molecule has 0 aliphatic carbocycles. The van der Waals surface area contributed by atoms with Crippen molar-refractivity contribution in [3.63, 3.8) is 0 Å². The Morgan fingerprint density at radius 3 is 2.48 bits per heavy atom. The molecule has 1 aliphatic heterocycles. The van der Waals surface area contributed by atoms with Gasteiger partial charge >= 0.3 is 0 Å². The molecule has 3 aromatic carbocycles. The highest BCUT2D eigenvalue weighted by Gasteiger charge is 2.28. The number of likely N-dealkylation sites (N-methyl/N-ethyl adjacent to an activating group) is 1. The van der Waals surface area contributed by atoms with Crippen LogP contribution in [0, 0.1) is 0 Å². The van der Waals surface area contributed by atoms with E-state index in [1.807, 2.05) is 53.7 Å². The molecular weight excluding hydrogens is 524 g/mol. The maximum absolute atomic E-state index is 13.1. The monoisotopic (exact) mass is 552 g/mol. The molecule has 9 nitrogen and oxygen atoms in total. The van der Waals surface area contributed by atoms with Gasteiger partial charge in [-0.3, -0.25) is 19.4 Å². The summed E-state index contributed by atoms with van der Waals surface area (Å²) in [5, 5.41) is 12.4. The van der Waals surface area contributed by atoms with Crippen molar-refractivity contribution in [3.8, 4) is 0 Å². The number of amides is 1. The number of nitrogens with zero attached hydrogens (tertiary/aromatic N) is 3. The van der Waals surface area contributed by atoms with Gasteiger partial charge in [0.05, 0.1) is 11.2 Å². The van der Waals surface area contributed by atoms with Gasteiger partial charge in [-0.25, -0.2) is 0 Å². The van der Waals surface area contributed by atoms with E-state index in [1.54, 1.807) is 30.5 Å². The number of pyridine rings is 1. The molecule has 2 aromatic heterocycles. The van der Waals surface area contributed by atoms with Crippen LogP contribution in [0.5, 0.6) is 0 Å². The van der Waals surface area contributed by atoms with Crippen molar-refractivity contribution in [3.05, 3.63) is 103 Å². The number of carbonyl (C=O) groups excluding carboxylic acids is 1. The van der Waals surface area contributed by atoms with Crippen LogP contribution in [0.1, 0.15) is 15.2 Å². The molecule has 0 radical (unpaired) electrons. The lowest BCUT2D eigenvalue weighted by Gasteiger charge is -2.35. The fourth-order valence-electron chi connectivity index (χ4n) is 4.92. The fourth-order valence-corrected chi connectivity index (χ4v) is 5.69. The third kappa shape index (κ3) is 5.06. The summed E-state index contributed by atoms with van der Waals surface area (Å²) in [6.45, 7) is 3.66. The lowest BCUT2D eigenvalue weighted by atomic mass is 10.1. The highest BCUT2D eigenvalue weighted by atomic mass is 32.1. The first kappa shape index (κ1) is 25.7. The molecule has 3 heterocycles. The maximum atomic E-state index is 13.1. The van der Waals surface area contributed by atoms with Crippen molar-refractivity contribution in [1.82, 2.24) is 9.88 Å². The molecule has 0 spiro atoms. The molecule has 10 heteroatoms. The van der Waals surface area contributed by atoms with Gasteiger partial charge in [-0.15, -0.1) is 11.3 Å². The number of piperazine rings is 1. The second-order valence-corrected chi connectivity index (χ2v) is 10.7. The van der Waals surface area contributed by atoms with Gasteiger partial charge in [0, 0.05) is 55.7 Å². The molecule has 6 rings (SSSR count). The summed E-state index contributed by atoms with van der Waals surface area (Å²) in [5.74, 6) is -0.211. The molecule has 0 atom stereocenters. The summed E-state index contributed by atoms with van der Waals surface area (Å²) in [5.41, 5.74) is 3.96. The molecule has 202 valence electrons. The van der Waals surface area contributed by atoms with Crippen LogP contribution in [0.2, 0.25) is 0 Å². The molecule has 0 saturated carbocycles. The zero-order chi connectivity index (χ0) is 27.6. The number of aromatic nitrogens is 1. The number of hydrogen-bond acceptors (Lipinski definition) is 9. The van der Waals surface area contributed by atoms with Crippen molar-refractivity contribution in [1.29, 1.82) is 0 Å². The van der Waals surface area contributed by atoms with Gasteiger partial charge in [0.2, 0.25) is 0 Å². The summed E-state index contributed by atoms with van der Waals surface area (Å²) in [4.78, 5) is 46.8. The highest BCUT2D eigenvalue weighted by molar-refractivity contribution is 7.12. The summed E-state index contributed by atoms with van der Waals surface area (Å²) in [6, 6.07) is 19.0. The Balaban J connectivity index is 1.10. The number of nitrogens with one attached hydrogen (secondary N) is 3. The van der Waals surface area contributed by atoms with E-state index in [4.69, 9.17) is 0 Å². The van der Waals surface area contributed by atoms with Gasteiger partial charge in [0.1, 0.15) is 16.3 Å². The van der Waals surface area contributed by atoms with Crippen LogP contribution in [-0.4, -0.2) is 49.0 Å². The average Bonchev–Trinajstić information content (AvgIpc) is 3.46. The van der Waals surface area contributed by atoms with Crippen LogP contribution in [0.15, 0.2) is 81.8 Å². The lowest BCUT2D eigenvalue weighted by molar-refractivity contribution is 0.103. The Labute approximate surface area is 234 Å². The predicted molar refractivity (Wildman–Crippen MR) is 162 cm³/mol. The van der Waals surface area contributed by atoms with Crippen LogP contribution in [0.3, 0.4) is 0 Å². The van der Waals surface area contributed by atoms with E-state index in [0.29, 0.717) is 47.3 Å². The first-order valence-corrected chi connectivity index (χ1v) is 13.9. The lowest BCUT2D eigenvalue weighted by Crippen LogP contribution is -2.50. The number of hydrogen-bond donors (Lipinski definition) is 3. The molecule has 5 aromatic rings. The molecule has 1 fully saturated rings. The van der Waals surface area contributed by atoms with Crippen LogP contribution in [0.25, 0.3) is 10.9 Å². The number of para-hydroxylation sites is 1. The van der Waals surface area contributed by atoms with E-state index in [9.17, 15) is 14.4 Å². The van der Waals surface area contributed by atoms with Crippen molar-refractivity contribution in [2.45, 2.75) is 6.54 Å². The Kier molecular flexibility index (Phi) is 7.02. The van der Waals surface area contributed by atoms with Crippen molar-refractivity contribution < 1.29 is 4.79 Å². The Bertz CT molecular complexity index is 1740. The normalized spacial score (nSPS) is 14.0. The standard InChI is InChI=1S/C30H28N6O3S/c1-35-13-15-36(16-14-35)26-25(27(37)28(26)38)33-20-6-8-21(9-7-20)34-30(39)29-24(11-17-40-29)32-18-19-10-12-31-23-5-3-2-4-22(19)23/h2-12,17,32-33H,13-16,18H2,1H3,(H,34,39). The summed E-state index contributed by atoms with van der Waals surface area (Å²) in [6.07, 6.45) is 1.79. The smallest absolute Gasteiger partial charge is 0.267 e. The molecule has 3 N–H and O–H groups in total. The van der Waals surface area contributed by atoms with Gasteiger partial charge in [0.25, 0.3) is 16.8 Å². The fraction of sp³-hybridized carbons (Fsp3) is 0.200. The van der Waals surface area contributed by atoms with Crippen LogP contribution < -0.4 is 31.7 Å². The highest BCUT2D eigenvalue weighted by Crippen LogP contribution is 2.28. The second-order valence-electron chi connectivity index (χ2n) is 9.83. The van der Waals surface area contributed by atoms with Crippen LogP contribution >= 0.6 is 11.3 Å². The van der Waals surface area contributed by atoms with Crippen molar-refractivity contribution in [2.75, 3.05) is 54.1 Å². The van der Waals surface area contributed by atoms with Gasteiger partial charge < -0.3 is 25.8 Å². The molecule has 0 bridgehead atoms. The topological polar surface area (TPSA) is 107 Å². The molecular formula is C30H28N6O3S. The number of thiophene rings is 1. The van der Waals surface area contributed by atoms with Crippen molar-refractivity contribution >= 4 is 56.6 Å². The number of fused-ring (bicyclic) bond motifs is 1. The van der Waals surface area contributed by atoms with Gasteiger partial charge in [0.15, 0.2) is 0 Å². The summed E-state index contributed by atoms with van der Waals surface area (Å²) in [7, 11) is 2.04. The van der Waals surface area contributed by atoms with Gasteiger partial charge in [-0.2, -0.15) is 0 Å². The Morgan fingerprint density at radius 2 is 1.68 bits per heavy atom. The average molecular weight is 553 g/mol. The molecule has 1 amide bonds. The molecule has 40 heavy (non-hydrogen) atoms. The largest absolute Gasteiger partial charge is 0.380 e. The minimum Gasteiger partial charge on any atom is -0.380 e. The number of anilines is 5. The second kappa shape index (κ2) is 10.9. The quantitative estimate of drug-likeness (QED) is 0.245. The number of carbonyl (C=O) groups is 1. The predicted octanol–water partition coefficient (Wildman–Crippen LogP) is 4.25. The van der Waals surface area contributed by atoms with Crippen LogP contribution in [-0.2, 0) is 6.54 Å². The van der Waals surface area contributed by atoms with Crippen molar-refractivity contribution in [2.24, 2.45) is 0 Å². The maximum Gasteiger partial charge on any atom is 0.267 e. The third-order valence-electron chi connectivity index (χ3n) is 7.20. The van der Waals surface area contributed by atoms with Gasteiger partial charge in [-0.1, -0.05) is 18.2 Å². The Morgan fingerprint density at radius 1 is 0.925 bits per heavy atom. The summed E-state index contributed by atoms with van der Waals surface area (Å²) < 4.78 is 0. The van der Waals surface area contributed by atoms with E-state index in [2.05, 4.69) is 25.8 Å². The molecule has 1 aliphatic rings. The Hall–Kier alpha value is -4.54. The molecule has 0 unspecified atom stereocenters. The first-order chi connectivity index (χ1) is 19.5. The SMILES string of the molecule is CN1CCN(c2c(Nc3ccc(NC(=O)c4sccc4NCc4ccnc5ccccc45)cc3)c(=O)c2=O)CC1. The van der Waals surface area contributed by atoms with E-state index in [1.165, 1.54) is 11.3 Å². The van der Waals surface area contributed by atoms with Gasteiger partial charge in [-0.05, 0) is 60.5 Å². The first-order valence-electron chi connectivity index (χ1n) is 13.1. The minimum atomic E-state index is -0.496. The van der Waals surface area contributed by atoms with E-state index >= 15 is 0 Å². The van der Waals surface area contributed by atoms with E-state index in [-0.39, 0.29) is 5.91 Å². The minimum absolute atomic E-state index is 0.211.